The molecule has 0 saturated carbocycles. The molecule has 1 aliphatic rings. The van der Waals surface area contributed by atoms with E-state index in [-0.39, 0.29) is 6.61 Å². The van der Waals surface area contributed by atoms with Gasteiger partial charge in [0.1, 0.15) is 6.61 Å². The maximum atomic E-state index is 9.91. The van der Waals surface area contributed by atoms with Crippen molar-refractivity contribution < 1.29 is 24.1 Å². The fourth-order valence-corrected chi connectivity index (χ4v) is 0.647. The Kier molecular flexibility index (Phi) is 2.47. The highest BCUT2D eigenvalue weighted by molar-refractivity contribution is 5.56. The van der Waals surface area contributed by atoms with Crippen LogP contribution in [0.3, 0.4) is 0 Å². The molecule has 0 aromatic carbocycles. The quantitative estimate of drug-likeness (QED) is 0.532. The zero-order valence-corrected chi connectivity index (χ0v) is 5.28. The van der Waals surface area contributed by atoms with E-state index in [9.17, 15) is 4.79 Å². The van der Waals surface area contributed by atoms with Crippen LogP contribution >= 0.6 is 0 Å². The van der Waals surface area contributed by atoms with Gasteiger partial charge in [0.05, 0.1) is 13.2 Å². The Morgan fingerprint density at radius 1 is 1.60 bits per heavy atom. The van der Waals surface area contributed by atoms with Crippen LogP contribution < -0.4 is 0 Å². The lowest BCUT2D eigenvalue weighted by molar-refractivity contribution is -0.191. The second-order valence-corrected chi connectivity index (χ2v) is 1.76. The minimum atomic E-state index is -1.34. The average Bonchev–Trinajstić information content (AvgIpc) is 1.88. The highest BCUT2D eigenvalue weighted by atomic mass is 16.8. The smallest absolute Gasteiger partial charge is 0.450 e. The van der Waals surface area contributed by atoms with Gasteiger partial charge in [0.2, 0.25) is 6.29 Å². The van der Waals surface area contributed by atoms with E-state index in [1.165, 1.54) is 0 Å². The van der Waals surface area contributed by atoms with Crippen LogP contribution in [0.15, 0.2) is 0 Å². The average molecular weight is 148 g/mol. The van der Waals surface area contributed by atoms with Gasteiger partial charge < -0.3 is 19.3 Å². The molecule has 0 bridgehead atoms. The van der Waals surface area contributed by atoms with Crippen LogP contribution in [0, 0.1) is 0 Å². The van der Waals surface area contributed by atoms with Gasteiger partial charge in [0, 0.05) is 0 Å². The topological polar surface area (TPSA) is 65.0 Å². The summed E-state index contributed by atoms with van der Waals surface area (Å²) >= 11 is 0. The van der Waals surface area contributed by atoms with Crippen molar-refractivity contribution in [2.45, 2.75) is 6.29 Å². The van der Waals surface area contributed by atoms with Crippen LogP contribution in [0.1, 0.15) is 0 Å². The number of ether oxygens (including phenoxy) is 3. The molecule has 10 heavy (non-hydrogen) atoms. The lowest BCUT2D eigenvalue weighted by Crippen LogP contribution is -2.32. The maximum absolute atomic E-state index is 9.91. The molecule has 0 radical (unpaired) electrons. The summed E-state index contributed by atoms with van der Waals surface area (Å²) in [5.41, 5.74) is 0. The third-order valence-corrected chi connectivity index (χ3v) is 1.02. The van der Waals surface area contributed by atoms with Crippen LogP contribution in [0.4, 0.5) is 4.79 Å². The van der Waals surface area contributed by atoms with Gasteiger partial charge in [-0.25, -0.2) is 4.79 Å². The zero-order chi connectivity index (χ0) is 7.40. The minimum absolute atomic E-state index is 0.187. The van der Waals surface area contributed by atoms with Crippen LogP contribution in [0.5, 0.6) is 0 Å². The van der Waals surface area contributed by atoms with Crippen molar-refractivity contribution in [3.05, 3.63) is 0 Å². The first kappa shape index (κ1) is 7.30. The molecule has 0 spiro atoms. The maximum Gasteiger partial charge on any atom is 0.508 e. The summed E-state index contributed by atoms with van der Waals surface area (Å²) in [6.45, 7) is 1.07. The van der Waals surface area contributed by atoms with Gasteiger partial charge in [-0.15, -0.1) is 0 Å². The van der Waals surface area contributed by atoms with Crippen molar-refractivity contribution in [1.82, 2.24) is 0 Å². The highest BCUT2D eigenvalue weighted by Crippen LogP contribution is 2.01. The summed E-state index contributed by atoms with van der Waals surface area (Å²) < 4.78 is 14.0. The van der Waals surface area contributed by atoms with Gasteiger partial charge in [-0.3, -0.25) is 0 Å². The van der Waals surface area contributed by atoms with Gasteiger partial charge in [-0.1, -0.05) is 0 Å². The van der Waals surface area contributed by atoms with E-state index in [2.05, 4.69) is 4.74 Å². The second-order valence-electron chi connectivity index (χ2n) is 1.76. The fourth-order valence-electron chi connectivity index (χ4n) is 0.647. The summed E-state index contributed by atoms with van der Waals surface area (Å²) in [6, 6.07) is 0. The number of hydrogen-bond donors (Lipinski definition) is 1. The SMILES string of the molecule is O=C(O)OC1COCCO1. The highest BCUT2D eigenvalue weighted by Gasteiger charge is 2.17. The molecule has 1 unspecified atom stereocenters. The molecule has 1 atom stereocenters. The molecular weight excluding hydrogens is 140 g/mol. The molecule has 58 valence electrons. The lowest BCUT2D eigenvalue weighted by Gasteiger charge is -2.20. The number of carbonyl (C=O) groups is 1. The summed E-state index contributed by atoms with van der Waals surface area (Å²) in [4.78, 5) is 9.91. The predicted molar refractivity (Wildman–Crippen MR) is 29.7 cm³/mol. The zero-order valence-electron chi connectivity index (χ0n) is 5.28. The molecule has 1 heterocycles. The summed E-state index contributed by atoms with van der Waals surface area (Å²) in [5.74, 6) is 0. The third kappa shape index (κ3) is 2.20. The molecule has 0 aromatic rings. The van der Waals surface area contributed by atoms with Gasteiger partial charge >= 0.3 is 6.16 Å². The van der Waals surface area contributed by atoms with E-state index in [0.717, 1.165) is 0 Å². The third-order valence-electron chi connectivity index (χ3n) is 1.02. The molecule has 0 aliphatic carbocycles. The first-order valence-electron chi connectivity index (χ1n) is 2.88. The van der Waals surface area contributed by atoms with Crippen molar-refractivity contribution in [2.75, 3.05) is 19.8 Å². The van der Waals surface area contributed by atoms with E-state index < -0.39 is 12.4 Å². The van der Waals surface area contributed by atoms with Crippen LogP contribution in [0.25, 0.3) is 0 Å². The summed E-state index contributed by atoms with van der Waals surface area (Å²) in [7, 11) is 0. The van der Waals surface area contributed by atoms with E-state index in [1.54, 1.807) is 0 Å². The van der Waals surface area contributed by atoms with Crippen molar-refractivity contribution in [1.29, 1.82) is 0 Å². The Labute approximate surface area is 57.5 Å². The fraction of sp³-hybridized carbons (Fsp3) is 0.800. The Morgan fingerprint density at radius 2 is 2.40 bits per heavy atom. The molecule has 5 nitrogen and oxygen atoms in total. The van der Waals surface area contributed by atoms with E-state index >= 15 is 0 Å². The van der Waals surface area contributed by atoms with Crippen molar-refractivity contribution in [3.8, 4) is 0 Å². The van der Waals surface area contributed by atoms with Crippen molar-refractivity contribution in [3.63, 3.8) is 0 Å². The molecule has 0 aromatic heterocycles. The van der Waals surface area contributed by atoms with Gasteiger partial charge in [-0.05, 0) is 0 Å². The lowest BCUT2D eigenvalue weighted by atomic mass is 10.6. The molecule has 5 heteroatoms. The van der Waals surface area contributed by atoms with Gasteiger partial charge in [-0.2, -0.15) is 0 Å². The molecule has 1 saturated heterocycles. The van der Waals surface area contributed by atoms with Crippen LogP contribution in [0.2, 0.25) is 0 Å². The van der Waals surface area contributed by atoms with Crippen LogP contribution in [-0.2, 0) is 14.2 Å². The second kappa shape index (κ2) is 3.38. The van der Waals surface area contributed by atoms with E-state index in [0.29, 0.717) is 13.2 Å². The summed E-state index contributed by atoms with van der Waals surface area (Å²) in [5, 5.41) is 8.11. The molecular formula is C5H8O5. The normalized spacial score (nSPS) is 25.8. The largest absolute Gasteiger partial charge is 0.508 e. The Morgan fingerprint density at radius 3 is 2.90 bits per heavy atom. The Balaban J connectivity index is 2.19. The van der Waals surface area contributed by atoms with E-state index in [1.807, 2.05) is 0 Å². The molecule has 1 N–H and O–H groups in total. The van der Waals surface area contributed by atoms with Crippen molar-refractivity contribution >= 4 is 6.16 Å². The summed E-state index contributed by atoms with van der Waals surface area (Å²) in [6.07, 6.45) is -2.08. The van der Waals surface area contributed by atoms with E-state index in [4.69, 9.17) is 14.6 Å². The minimum Gasteiger partial charge on any atom is -0.450 e. The van der Waals surface area contributed by atoms with Gasteiger partial charge in [0.25, 0.3) is 0 Å². The van der Waals surface area contributed by atoms with Crippen molar-refractivity contribution in [2.24, 2.45) is 0 Å². The van der Waals surface area contributed by atoms with Gasteiger partial charge in [0.15, 0.2) is 0 Å². The number of hydrogen-bond acceptors (Lipinski definition) is 4. The van der Waals surface area contributed by atoms with Crippen LogP contribution in [-0.4, -0.2) is 37.4 Å². The monoisotopic (exact) mass is 148 g/mol. The molecule has 1 aliphatic heterocycles. The molecule has 1 rings (SSSR count). The predicted octanol–water partition coefficient (Wildman–Crippen LogP) is 0.0539. The Hall–Kier alpha value is -0.810. The standard InChI is InChI=1S/C5H8O5/c6-5(7)10-4-3-8-1-2-9-4/h4H,1-3H2,(H,6,7). The molecule has 0 amide bonds. The first-order chi connectivity index (χ1) is 4.79. The Bertz CT molecular complexity index is 117. The number of carboxylic acid groups (broad SMARTS) is 1. The number of rotatable bonds is 1. The molecule has 1 fully saturated rings. The first-order valence-corrected chi connectivity index (χ1v) is 2.88.